The standard InChI is InChI=1S/C37H42N4O6/c38-29(34(42)20-19-30(39)36(44)46-23-25-11-3-1-4-12-25)16-8-10-18-35(43)41-22-32-28(27-15-7-9-17-31(27)40-32)21-33(41)37(45)47-24-26-13-5-2-6-14-26/h1-7,9,11-15,17,29-30,33,40H,8,10,16,18-24,38-39H2/t29?,30-,33-/m0/s1. The fourth-order valence-electron chi connectivity index (χ4n) is 5.89. The molecule has 4 aromatic rings. The van der Waals surface area contributed by atoms with Gasteiger partial charge in [0.2, 0.25) is 5.91 Å². The van der Waals surface area contributed by atoms with Gasteiger partial charge in [-0.25, -0.2) is 4.79 Å². The van der Waals surface area contributed by atoms with E-state index in [1.54, 1.807) is 4.90 Å². The van der Waals surface area contributed by atoms with Crippen molar-refractivity contribution in [3.63, 3.8) is 0 Å². The predicted molar refractivity (Wildman–Crippen MR) is 177 cm³/mol. The van der Waals surface area contributed by atoms with Crippen LogP contribution < -0.4 is 11.5 Å². The molecule has 0 aliphatic carbocycles. The number of nitrogens with zero attached hydrogens (tertiary/aromatic N) is 1. The maximum atomic E-state index is 13.5. The number of aromatic nitrogens is 1. The van der Waals surface area contributed by atoms with Gasteiger partial charge in [0, 0.05) is 35.9 Å². The quantitative estimate of drug-likeness (QED) is 0.127. The third-order valence-corrected chi connectivity index (χ3v) is 8.62. The van der Waals surface area contributed by atoms with E-state index in [9.17, 15) is 19.2 Å². The minimum atomic E-state index is -0.915. The van der Waals surface area contributed by atoms with E-state index in [0.717, 1.165) is 33.3 Å². The number of benzene rings is 3. The number of carbonyl (C=O) groups excluding carboxylic acids is 4. The van der Waals surface area contributed by atoms with Gasteiger partial charge in [0.05, 0.1) is 12.6 Å². The minimum Gasteiger partial charge on any atom is -0.460 e. The highest BCUT2D eigenvalue weighted by Gasteiger charge is 2.37. The van der Waals surface area contributed by atoms with Crippen LogP contribution in [0.5, 0.6) is 0 Å². The summed E-state index contributed by atoms with van der Waals surface area (Å²) in [5, 5.41) is 1.04. The first-order valence-electron chi connectivity index (χ1n) is 16.1. The Morgan fingerprint density at radius 3 is 2.11 bits per heavy atom. The molecule has 3 aromatic carbocycles. The molecule has 1 amide bonds. The summed E-state index contributed by atoms with van der Waals surface area (Å²) in [4.78, 5) is 56.8. The number of H-pyrrole nitrogens is 1. The van der Waals surface area contributed by atoms with Crippen LogP contribution in [0.3, 0.4) is 0 Å². The van der Waals surface area contributed by atoms with E-state index in [-0.39, 0.29) is 50.7 Å². The summed E-state index contributed by atoms with van der Waals surface area (Å²) in [5.41, 5.74) is 16.7. The molecule has 0 spiro atoms. The number of nitrogens with two attached hydrogens (primary N) is 2. The van der Waals surface area contributed by atoms with Crippen molar-refractivity contribution in [2.24, 2.45) is 11.5 Å². The summed E-state index contributed by atoms with van der Waals surface area (Å²) in [5.74, 6) is -1.34. The number of carbonyl (C=O) groups is 4. The van der Waals surface area contributed by atoms with Gasteiger partial charge in [-0.3, -0.25) is 14.4 Å². The Hall–Kier alpha value is -4.80. The number of hydrogen-bond donors (Lipinski definition) is 3. The summed E-state index contributed by atoms with van der Waals surface area (Å²) >= 11 is 0. The second-order valence-corrected chi connectivity index (χ2v) is 12.0. The maximum absolute atomic E-state index is 13.5. The van der Waals surface area contributed by atoms with Gasteiger partial charge < -0.3 is 30.8 Å². The number of esters is 2. The smallest absolute Gasteiger partial charge is 0.329 e. The van der Waals surface area contributed by atoms with Gasteiger partial charge in [-0.15, -0.1) is 0 Å². The summed E-state index contributed by atoms with van der Waals surface area (Å²) < 4.78 is 10.9. The van der Waals surface area contributed by atoms with Crippen LogP contribution in [-0.4, -0.2) is 51.6 Å². The monoisotopic (exact) mass is 638 g/mol. The van der Waals surface area contributed by atoms with Crippen molar-refractivity contribution in [2.45, 2.75) is 82.8 Å². The first kappa shape index (κ1) is 33.6. The normalized spacial score (nSPS) is 15.4. The second-order valence-electron chi connectivity index (χ2n) is 12.0. The zero-order valence-corrected chi connectivity index (χ0v) is 26.4. The molecule has 0 fully saturated rings. The Morgan fingerprint density at radius 2 is 1.40 bits per heavy atom. The third-order valence-electron chi connectivity index (χ3n) is 8.62. The second kappa shape index (κ2) is 16.2. The van der Waals surface area contributed by atoms with Crippen LogP contribution in [0.25, 0.3) is 10.9 Å². The lowest BCUT2D eigenvalue weighted by Gasteiger charge is -2.34. The van der Waals surface area contributed by atoms with Crippen molar-refractivity contribution in [1.82, 2.24) is 9.88 Å². The molecule has 0 saturated carbocycles. The first-order chi connectivity index (χ1) is 22.8. The van der Waals surface area contributed by atoms with Gasteiger partial charge in [0.25, 0.3) is 0 Å². The van der Waals surface area contributed by atoms with Gasteiger partial charge in [-0.05, 0) is 42.0 Å². The Kier molecular flexibility index (Phi) is 11.5. The molecular weight excluding hydrogens is 596 g/mol. The average Bonchev–Trinajstić information content (AvgIpc) is 3.47. The van der Waals surface area contributed by atoms with E-state index < -0.39 is 30.1 Å². The number of amides is 1. The third kappa shape index (κ3) is 8.93. The number of Topliss-reactive ketones (excluding diaryl/α,β-unsaturated/α-hetero) is 1. The molecule has 3 atom stereocenters. The van der Waals surface area contributed by atoms with Crippen molar-refractivity contribution in [2.75, 3.05) is 0 Å². The number of fused-ring (bicyclic) bond motifs is 3. The molecule has 246 valence electrons. The van der Waals surface area contributed by atoms with Gasteiger partial charge in [-0.2, -0.15) is 0 Å². The number of rotatable bonds is 15. The van der Waals surface area contributed by atoms with Crippen LogP contribution in [0.2, 0.25) is 0 Å². The first-order valence-corrected chi connectivity index (χ1v) is 16.1. The predicted octanol–water partition coefficient (Wildman–Crippen LogP) is 4.47. The lowest BCUT2D eigenvalue weighted by molar-refractivity contribution is -0.157. The summed E-state index contributed by atoms with van der Waals surface area (Å²) in [6.07, 6.45) is 2.23. The molecule has 2 heterocycles. The van der Waals surface area contributed by atoms with Crippen LogP contribution >= 0.6 is 0 Å². The largest absolute Gasteiger partial charge is 0.460 e. The fourth-order valence-corrected chi connectivity index (χ4v) is 5.89. The Bertz CT molecular complexity index is 1670. The van der Waals surface area contributed by atoms with E-state index in [1.165, 1.54) is 0 Å². The van der Waals surface area contributed by atoms with E-state index in [4.69, 9.17) is 20.9 Å². The highest BCUT2D eigenvalue weighted by molar-refractivity contribution is 5.90. The van der Waals surface area contributed by atoms with Crippen molar-refractivity contribution in [3.05, 3.63) is 107 Å². The van der Waals surface area contributed by atoms with Crippen molar-refractivity contribution >= 4 is 34.5 Å². The van der Waals surface area contributed by atoms with Crippen LogP contribution in [0.15, 0.2) is 84.9 Å². The van der Waals surface area contributed by atoms with Crippen LogP contribution in [0, 0.1) is 0 Å². The minimum absolute atomic E-state index is 0.0646. The molecule has 5 rings (SSSR count). The van der Waals surface area contributed by atoms with Crippen molar-refractivity contribution < 1.29 is 28.7 Å². The SMILES string of the molecule is NC(CCCCC(=O)N1Cc2[nH]c3ccccc3c2C[C@H]1C(=O)OCc1ccccc1)C(=O)CC[C@H](N)C(=O)OCc1ccccc1. The number of unbranched alkanes of at least 4 members (excludes halogenated alkanes) is 1. The molecule has 0 saturated heterocycles. The van der Waals surface area contributed by atoms with Gasteiger partial charge >= 0.3 is 11.9 Å². The van der Waals surface area contributed by atoms with Crippen LogP contribution in [-0.2, 0) is 54.8 Å². The molecule has 0 bridgehead atoms. The summed E-state index contributed by atoms with van der Waals surface area (Å²) in [6, 6.07) is 24.3. The van der Waals surface area contributed by atoms with Gasteiger partial charge in [0.1, 0.15) is 31.1 Å². The molecule has 1 unspecified atom stereocenters. The highest BCUT2D eigenvalue weighted by atomic mass is 16.5. The molecule has 47 heavy (non-hydrogen) atoms. The molecule has 0 radical (unpaired) electrons. The Morgan fingerprint density at radius 1 is 0.766 bits per heavy atom. The topological polar surface area (TPSA) is 158 Å². The summed E-state index contributed by atoms with van der Waals surface area (Å²) in [6.45, 7) is 0.528. The molecule has 1 aliphatic heterocycles. The number of ketones is 1. The Balaban J connectivity index is 1.09. The molecule has 1 aliphatic rings. The number of hydrogen-bond acceptors (Lipinski definition) is 8. The maximum Gasteiger partial charge on any atom is 0.329 e. The Labute approximate surface area is 274 Å². The van der Waals surface area contributed by atoms with Crippen LogP contribution in [0.1, 0.15) is 60.9 Å². The number of nitrogens with one attached hydrogen (secondary N) is 1. The van der Waals surface area contributed by atoms with E-state index in [0.29, 0.717) is 25.7 Å². The van der Waals surface area contributed by atoms with Crippen LogP contribution in [0.4, 0.5) is 0 Å². The van der Waals surface area contributed by atoms with Gasteiger partial charge in [0.15, 0.2) is 0 Å². The van der Waals surface area contributed by atoms with Crippen molar-refractivity contribution in [1.29, 1.82) is 0 Å². The summed E-state index contributed by atoms with van der Waals surface area (Å²) in [7, 11) is 0. The number of para-hydroxylation sites is 1. The number of ether oxygens (including phenoxy) is 2. The zero-order valence-electron chi connectivity index (χ0n) is 26.4. The molecule has 1 aromatic heterocycles. The van der Waals surface area contributed by atoms with Gasteiger partial charge in [-0.1, -0.05) is 85.3 Å². The van der Waals surface area contributed by atoms with Crippen molar-refractivity contribution in [3.8, 4) is 0 Å². The van der Waals surface area contributed by atoms with E-state index >= 15 is 0 Å². The highest BCUT2D eigenvalue weighted by Crippen LogP contribution is 2.31. The fraction of sp³-hybridized carbons (Fsp3) is 0.351. The molecular formula is C37H42N4O6. The molecule has 5 N–H and O–H groups in total. The van der Waals surface area contributed by atoms with E-state index in [2.05, 4.69) is 4.98 Å². The lowest BCUT2D eigenvalue weighted by atomic mass is 9.95. The zero-order chi connectivity index (χ0) is 33.2. The van der Waals surface area contributed by atoms with E-state index in [1.807, 2.05) is 84.9 Å². The number of aromatic amines is 1. The average molecular weight is 639 g/mol. The molecule has 10 nitrogen and oxygen atoms in total. The molecule has 10 heteroatoms. The lowest BCUT2D eigenvalue weighted by Crippen LogP contribution is -2.49.